The summed E-state index contributed by atoms with van der Waals surface area (Å²) in [7, 11) is -4.34. The number of alkyl halides is 1. The molecule has 0 aromatic heterocycles. The standard InChI is InChI=1S/C34H29Cl5N2O6S/c1-22-2-14-30(15-3-22)48(43,44)47-34-40(19-28(42)21-45-29-12-10-26(36)11-13-29)16-17-41(34)33(39)32(23-4-7-25(35)8-5-23)46-20-24-6-9-27(37)18-31(24)38/h2-18,32-34H,19-21H2,1H3. The van der Waals surface area contributed by atoms with Gasteiger partial charge in [0.2, 0.25) is 6.35 Å². The van der Waals surface area contributed by atoms with Crippen LogP contribution >= 0.6 is 58.0 Å². The number of hydrogen-bond acceptors (Lipinski definition) is 8. The number of ketones is 1. The molecule has 4 aromatic carbocycles. The molecule has 3 atom stereocenters. The molecule has 0 N–H and O–H groups in total. The quantitative estimate of drug-likeness (QED) is 0.0715. The lowest BCUT2D eigenvalue weighted by Gasteiger charge is -2.37. The summed E-state index contributed by atoms with van der Waals surface area (Å²) in [6.45, 7) is 1.34. The molecule has 1 aliphatic rings. The van der Waals surface area contributed by atoms with Crippen molar-refractivity contribution in [3.8, 4) is 5.75 Å². The highest BCUT2D eigenvalue weighted by molar-refractivity contribution is 7.86. The van der Waals surface area contributed by atoms with Gasteiger partial charge in [-0.3, -0.25) is 4.79 Å². The van der Waals surface area contributed by atoms with Gasteiger partial charge in [0, 0.05) is 32.5 Å². The number of ether oxygens (including phenoxy) is 2. The maximum Gasteiger partial charge on any atom is 0.300 e. The zero-order valence-corrected chi connectivity index (χ0v) is 29.9. The fraction of sp³-hybridized carbons (Fsp3) is 0.206. The third-order valence-electron chi connectivity index (χ3n) is 7.23. The van der Waals surface area contributed by atoms with Crippen LogP contribution in [0.15, 0.2) is 108 Å². The minimum atomic E-state index is -4.34. The third kappa shape index (κ3) is 9.37. The molecule has 14 heteroatoms. The molecule has 8 nitrogen and oxygen atoms in total. The number of carbonyl (C=O) groups is 1. The maximum absolute atomic E-state index is 13.6. The Morgan fingerprint density at radius 2 is 1.46 bits per heavy atom. The van der Waals surface area contributed by atoms with Crippen molar-refractivity contribution in [2.45, 2.75) is 36.4 Å². The molecular weight excluding hydrogens is 742 g/mol. The lowest BCUT2D eigenvalue weighted by atomic mass is 10.1. The molecule has 0 amide bonds. The van der Waals surface area contributed by atoms with Crippen LogP contribution in [-0.4, -0.2) is 49.0 Å². The summed E-state index contributed by atoms with van der Waals surface area (Å²) < 4.78 is 44.9. The van der Waals surface area contributed by atoms with Gasteiger partial charge in [0.15, 0.2) is 5.78 Å². The molecule has 5 rings (SSSR count). The van der Waals surface area contributed by atoms with E-state index in [2.05, 4.69) is 0 Å². The minimum absolute atomic E-state index is 0.0432. The number of hydrogen-bond donors (Lipinski definition) is 0. The molecule has 252 valence electrons. The highest BCUT2D eigenvalue weighted by Gasteiger charge is 2.40. The van der Waals surface area contributed by atoms with E-state index < -0.39 is 28.1 Å². The Morgan fingerprint density at radius 1 is 0.833 bits per heavy atom. The Hall–Kier alpha value is -2.99. The topological polar surface area (TPSA) is 85.4 Å². The number of aryl methyl sites for hydroxylation is 1. The third-order valence-corrected chi connectivity index (χ3v) is 10.1. The first-order valence-corrected chi connectivity index (χ1v) is 17.8. The summed E-state index contributed by atoms with van der Waals surface area (Å²) in [5.74, 6) is 0.0949. The van der Waals surface area contributed by atoms with Crippen molar-refractivity contribution in [1.29, 1.82) is 0 Å². The van der Waals surface area contributed by atoms with Crippen LogP contribution in [0, 0.1) is 6.92 Å². The number of halogens is 5. The molecular formula is C34H29Cl5N2O6S. The van der Waals surface area contributed by atoms with E-state index in [-0.39, 0.29) is 30.4 Å². The Bertz CT molecular complexity index is 1860. The van der Waals surface area contributed by atoms with Gasteiger partial charge in [-0.25, -0.2) is 4.18 Å². The summed E-state index contributed by atoms with van der Waals surface area (Å²) in [5.41, 5.74) is 1.11. The Labute approximate surface area is 304 Å². The van der Waals surface area contributed by atoms with Crippen molar-refractivity contribution in [2.75, 3.05) is 13.2 Å². The lowest BCUT2D eigenvalue weighted by Crippen LogP contribution is -2.48. The van der Waals surface area contributed by atoms with Gasteiger partial charge in [-0.1, -0.05) is 93.9 Å². The number of Topliss-reactive ketones (excluding diaryl/α,β-unsaturated/α-hetero) is 1. The van der Waals surface area contributed by atoms with Crippen LogP contribution in [0.4, 0.5) is 0 Å². The van der Waals surface area contributed by atoms with Crippen molar-refractivity contribution < 1.29 is 26.9 Å². The number of rotatable bonds is 14. The van der Waals surface area contributed by atoms with Crippen molar-refractivity contribution in [2.24, 2.45) is 0 Å². The molecule has 0 saturated carbocycles. The molecule has 4 aromatic rings. The van der Waals surface area contributed by atoms with Crippen LogP contribution in [0.5, 0.6) is 5.75 Å². The lowest BCUT2D eigenvalue weighted by molar-refractivity contribution is -0.126. The van der Waals surface area contributed by atoms with E-state index in [1.807, 2.05) is 6.92 Å². The van der Waals surface area contributed by atoms with E-state index in [1.165, 1.54) is 28.1 Å². The fourth-order valence-electron chi connectivity index (χ4n) is 4.70. The maximum atomic E-state index is 13.6. The first-order chi connectivity index (χ1) is 22.9. The fourth-order valence-corrected chi connectivity index (χ4v) is 6.81. The van der Waals surface area contributed by atoms with Crippen LogP contribution < -0.4 is 4.74 Å². The van der Waals surface area contributed by atoms with Crippen LogP contribution in [0.2, 0.25) is 20.1 Å². The van der Waals surface area contributed by atoms with Crippen molar-refractivity contribution in [1.82, 2.24) is 9.80 Å². The van der Waals surface area contributed by atoms with Crippen molar-refractivity contribution >= 4 is 73.9 Å². The number of nitrogens with zero attached hydrogens (tertiary/aromatic N) is 2. The molecule has 1 heterocycles. The first-order valence-electron chi connectivity index (χ1n) is 14.5. The summed E-state index contributed by atoms with van der Waals surface area (Å²) in [6, 6.07) is 24.7. The van der Waals surface area contributed by atoms with Gasteiger partial charge in [-0.15, -0.1) is 0 Å². The highest BCUT2D eigenvalue weighted by atomic mass is 35.5. The zero-order chi connectivity index (χ0) is 34.4. The van der Waals surface area contributed by atoms with Gasteiger partial charge in [0.1, 0.15) is 24.0 Å². The second-order valence-electron chi connectivity index (χ2n) is 10.8. The van der Waals surface area contributed by atoms with Crippen molar-refractivity contribution in [3.63, 3.8) is 0 Å². The molecule has 0 saturated heterocycles. The zero-order valence-electron chi connectivity index (χ0n) is 25.3. The Kier molecular flexibility index (Phi) is 12.2. The summed E-state index contributed by atoms with van der Waals surface area (Å²) >= 11 is 31.7. The summed E-state index contributed by atoms with van der Waals surface area (Å²) in [5, 5.41) is 1.90. The van der Waals surface area contributed by atoms with Gasteiger partial charge >= 0.3 is 0 Å². The molecule has 0 spiro atoms. The SMILES string of the molecule is Cc1ccc(S(=O)(=O)OC2N(CC(=O)COc3ccc(Cl)cc3)C=CN2C(Cl)C(OCc2ccc(Cl)cc2Cl)c2ccc(Cl)cc2)cc1. The van der Waals surface area contributed by atoms with E-state index >= 15 is 0 Å². The predicted octanol–water partition coefficient (Wildman–Crippen LogP) is 8.86. The number of benzene rings is 4. The second kappa shape index (κ2) is 16.1. The van der Waals surface area contributed by atoms with Crippen molar-refractivity contribution in [3.05, 3.63) is 140 Å². The van der Waals surface area contributed by atoms with Gasteiger partial charge in [-0.2, -0.15) is 8.42 Å². The van der Waals surface area contributed by atoms with E-state index in [1.54, 1.807) is 85.1 Å². The summed E-state index contributed by atoms with van der Waals surface area (Å²) in [6.07, 6.45) is 0.843. The molecule has 1 aliphatic heterocycles. The molecule has 3 unspecified atom stereocenters. The van der Waals surface area contributed by atoms with E-state index in [9.17, 15) is 13.2 Å². The number of carbonyl (C=O) groups excluding carboxylic acids is 1. The van der Waals surface area contributed by atoms with Gasteiger partial charge in [0.25, 0.3) is 10.1 Å². The first kappa shape index (κ1) is 36.3. The van der Waals surface area contributed by atoms with Gasteiger partial charge in [-0.05, 0) is 78.7 Å². The highest BCUT2D eigenvalue weighted by Crippen LogP contribution is 2.36. The minimum Gasteiger partial charge on any atom is -0.486 e. The molecule has 0 aliphatic carbocycles. The van der Waals surface area contributed by atoms with E-state index in [0.717, 1.165) is 5.56 Å². The molecule has 0 bridgehead atoms. The van der Waals surface area contributed by atoms with Gasteiger partial charge < -0.3 is 19.3 Å². The molecule has 48 heavy (non-hydrogen) atoms. The molecule has 0 fully saturated rings. The normalized spacial score (nSPS) is 15.8. The largest absolute Gasteiger partial charge is 0.486 e. The summed E-state index contributed by atoms with van der Waals surface area (Å²) in [4.78, 5) is 15.9. The molecule has 0 radical (unpaired) electrons. The van der Waals surface area contributed by atoms with E-state index in [4.69, 9.17) is 71.7 Å². The van der Waals surface area contributed by atoms with E-state index in [0.29, 0.717) is 37.0 Å². The van der Waals surface area contributed by atoms with Gasteiger partial charge in [0.05, 0.1) is 18.0 Å². The Morgan fingerprint density at radius 3 is 2.10 bits per heavy atom. The monoisotopic (exact) mass is 768 g/mol. The van der Waals surface area contributed by atoms with Crippen LogP contribution in [0.1, 0.15) is 22.8 Å². The predicted molar refractivity (Wildman–Crippen MR) is 188 cm³/mol. The Balaban J connectivity index is 1.41. The van der Waals surface area contributed by atoms with Crippen LogP contribution in [0.3, 0.4) is 0 Å². The van der Waals surface area contributed by atoms with Crippen LogP contribution in [-0.2, 0) is 30.4 Å². The van der Waals surface area contributed by atoms with Crippen LogP contribution in [0.25, 0.3) is 0 Å². The average molecular weight is 771 g/mol. The smallest absolute Gasteiger partial charge is 0.300 e. The second-order valence-corrected chi connectivity index (χ2v) is 14.5. The average Bonchev–Trinajstić information content (AvgIpc) is 3.43.